The van der Waals surface area contributed by atoms with Gasteiger partial charge in [-0.25, -0.2) is 0 Å². The van der Waals surface area contributed by atoms with Crippen LogP contribution in [0.25, 0.3) is 0 Å². The summed E-state index contributed by atoms with van der Waals surface area (Å²) in [6.07, 6.45) is 0.795. The van der Waals surface area contributed by atoms with Crippen LogP contribution >= 0.6 is 22.6 Å². The van der Waals surface area contributed by atoms with Crippen molar-refractivity contribution in [3.63, 3.8) is 0 Å². The van der Waals surface area contributed by atoms with Gasteiger partial charge in [0, 0.05) is 23.3 Å². The van der Waals surface area contributed by atoms with Crippen LogP contribution in [-0.2, 0) is 4.43 Å². The highest BCUT2D eigenvalue weighted by molar-refractivity contribution is 14.1. The number of aromatic nitrogens is 1. The zero-order chi connectivity index (χ0) is 16.9. The van der Waals surface area contributed by atoms with E-state index in [1.165, 1.54) is 0 Å². The summed E-state index contributed by atoms with van der Waals surface area (Å²) in [5.41, 5.74) is 2.15. The van der Waals surface area contributed by atoms with Crippen LogP contribution in [0.2, 0.25) is 0 Å². The minimum atomic E-state index is -0.183. The Kier molecular flexibility index (Phi) is 6.04. The second-order valence-electron chi connectivity index (χ2n) is 6.09. The highest BCUT2D eigenvalue weighted by Crippen LogP contribution is 2.18. The molecular formula is C17H22IN3O2. The zero-order valence-corrected chi connectivity index (χ0v) is 15.8. The first-order valence-electron chi connectivity index (χ1n) is 7.55. The molecule has 1 amide bonds. The fourth-order valence-corrected chi connectivity index (χ4v) is 2.96. The average molecular weight is 427 g/mol. The van der Waals surface area contributed by atoms with Crippen molar-refractivity contribution in [2.75, 3.05) is 11.9 Å². The molecule has 0 bridgehead atoms. The molecule has 0 unspecified atom stereocenters. The number of benzene rings is 1. The van der Waals surface area contributed by atoms with Crippen LogP contribution in [-0.4, -0.2) is 23.1 Å². The average Bonchev–Trinajstić information content (AvgIpc) is 2.88. The normalized spacial score (nSPS) is 11.3. The Hall–Kier alpha value is -1.57. The number of carbonyl (C=O) groups is 1. The second kappa shape index (κ2) is 7.81. The summed E-state index contributed by atoms with van der Waals surface area (Å²) in [7, 11) is 0. The molecule has 5 nitrogen and oxygen atoms in total. The van der Waals surface area contributed by atoms with Crippen molar-refractivity contribution in [3.05, 3.63) is 47.3 Å². The predicted molar refractivity (Wildman–Crippen MR) is 100 cm³/mol. The fourth-order valence-electron chi connectivity index (χ4n) is 2.25. The van der Waals surface area contributed by atoms with Crippen LogP contribution in [0.1, 0.15) is 42.1 Å². The number of alkyl halides is 1. The molecule has 0 aliphatic heterocycles. The lowest BCUT2D eigenvalue weighted by molar-refractivity contribution is 0.0942. The maximum atomic E-state index is 12.2. The first-order valence-corrected chi connectivity index (χ1v) is 9.08. The molecular weight excluding hydrogens is 405 g/mol. The lowest BCUT2D eigenvalue weighted by atomic mass is 10.00. The number of hydrogen-bond donors (Lipinski definition) is 2. The number of carbonyl (C=O) groups excluding carboxylic acids is 1. The van der Waals surface area contributed by atoms with E-state index in [1.54, 1.807) is 0 Å². The Morgan fingerprint density at radius 1 is 1.30 bits per heavy atom. The lowest BCUT2D eigenvalue weighted by Crippen LogP contribution is -2.36. The van der Waals surface area contributed by atoms with Crippen molar-refractivity contribution in [1.29, 1.82) is 0 Å². The summed E-state index contributed by atoms with van der Waals surface area (Å²) < 4.78 is 5.87. The van der Waals surface area contributed by atoms with E-state index < -0.39 is 0 Å². The lowest BCUT2D eigenvalue weighted by Gasteiger charge is -2.27. The summed E-state index contributed by atoms with van der Waals surface area (Å²) in [6.45, 7) is 6.65. The van der Waals surface area contributed by atoms with Gasteiger partial charge in [0.2, 0.25) is 0 Å². The first kappa shape index (κ1) is 17.8. The van der Waals surface area contributed by atoms with Gasteiger partial charge >= 0.3 is 0 Å². The van der Waals surface area contributed by atoms with Crippen molar-refractivity contribution in [3.8, 4) is 0 Å². The van der Waals surface area contributed by atoms with Crippen molar-refractivity contribution in [2.24, 2.45) is 0 Å². The van der Waals surface area contributed by atoms with Gasteiger partial charge in [0.05, 0.1) is 4.43 Å². The topological polar surface area (TPSA) is 67.2 Å². The summed E-state index contributed by atoms with van der Waals surface area (Å²) in [5.74, 6) is 0.569. The van der Waals surface area contributed by atoms with Gasteiger partial charge in [0.1, 0.15) is 5.76 Å². The van der Waals surface area contributed by atoms with Crippen LogP contribution in [0.3, 0.4) is 0 Å². The number of rotatable bonds is 7. The molecule has 0 radical (unpaired) electrons. The largest absolute Gasteiger partial charge is 0.380 e. The Morgan fingerprint density at radius 3 is 2.61 bits per heavy atom. The van der Waals surface area contributed by atoms with Gasteiger partial charge in [-0.3, -0.25) is 4.79 Å². The number of anilines is 1. The number of amides is 1. The monoisotopic (exact) mass is 427 g/mol. The molecule has 0 atom stereocenters. The molecule has 124 valence electrons. The van der Waals surface area contributed by atoms with Crippen molar-refractivity contribution >= 4 is 34.2 Å². The number of para-hydroxylation sites is 1. The smallest absolute Gasteiger partial charge is 0.273 e. The summed E-state index contributed by atoms with van der Waals surface area (Å²) in [5, 5.41) is 10.2. The van der Waals surface area contributed by atoms with Gasteiger partial charge < -0.3 is 15.2 Å². The highest BCUT2D eigenvalue weighted by atomic mass is 127. The van der Waals surface area contributed by atoms with Gasteiger partial charge in [-0.2, -0.15) is 0 Å². The minimum absolute atomic E-state index is 0.124. The van der Waals surface area contributed by atoms with Crippen molar-refractivity contribution in [1.82, 2.24) is 10.5 Å². The third kappa shape index (κ3) is 4.95. The standard InChI is InChI=1S/C17H22IN3O2/c1-12-14(11-18)23-21-15(12)16(22)19-10-9-17(2,3)20-13-7-5-4-6-8-13/h4-8,20H,9-11H2,1-3H3,(H,19,22). The number of hydrogen-bond acceptors (Lipinski definition) is 4. The van der Waals surface area contributed by atoms with Gasteiger partial charge in [-0.05, 0) is 39.3 Å². The molecule has 1 aromatic carbocycles. The molecule has 2 aromatic rings. The van der Waals surface area contributed by atoms with Crippen LogP contribution in [0.5, 0.6) is 0 Å². The van der Waals surface area contributed by atoms with Gasteiger partial charge in [-0.1, -0.05) is 45.9 Å². The summed E-state index contributed by atoms with van der Waals surface area (Å²) in [4.78, 5) is 12.2. The molecule has 1 heterocycles. The molecule has 23 heavy (non-hydrogen) atoms. The van der Waals surface area contributed by atoms with E-state index in [1.807, 2.05) is 37.3 Å². The molecule has 2 rings (SSSR count). The molecule has 0 saturated carbocycles. The molecule has 0 spiro atoms. The Bertz CT molecular complexity index is 653. The maximum absolute atomic E-state index is 12.2. The third-order valence-electron chi connectivity index (χ3n) is 3.65. The first-order chi connectivity index (χ1) is 10.9. The minimum Gasteiger partial charge on any atom is -0.380 e. The van der Waals surface area contributed by atoms with E-state index in [4.69, 9.17) is 4.52 Å². The van der Waals surface area contributed by atoms with E-state index in [2.05, 4.69) is 52.2 Å². The molecule has 0 saturated heterocycles. The van der Waals surface area contributed by atoms with E-state index in [0.717, 1.165) is 23.4 Å². The summed E-state index contributed by atoms with van der Waals surface area (Å²) in [6, 6.07) is 10.1. The Labute approximate surface area is 150 Å². The van der Waals surface area contributed by atoms with E-state index in [-0.39, 0.29) is 11.4 Å². The van der Waals surface area contributed by atoms with E-state index in [0.29, 0.717) is 16.7 Å². The Morgan fingerprint density at radius 2 is 2.00 bits per heavy atom. The number of halogens is 1. The van der Waals surface area contributed by atoms with Gasteiger partial charge in [-0.15, -0.1) is 0 Å². The number of nitrogens with one attached hydrogen (secondary N) is 2. The molecule has 1 aromatic heterocycles. The van der Waals surface area contributed by atoms with Crippen molar-refractivity contribution < 1.29 is 9.32 Å². The third-order valence-corrected chi connectivity index (χ3v) is 4.34. The Balaban J connectivity index is 1.86. The zero-order valence-electron chi connectivity index (χ0n) is 13.6. The SMILES string of the molecule is Cc1c(C(=O)NCCC(C)(C)Nc2ccccc2)noc1CI. The van der Waals surface area contributed by atoms with Crippen LogP contribution in [0.4, 0.5) is 5.69 Å². The van der Waals surface area contributed by atoms with E-state index in [9.17, 15) is 4.79 Å². The van der Waals surface area contributed by atoms with Gasteiger partial charge in [0.25, 0.3) is 5.91 Å². The summed E-state index contributed by atoms with van der Waals surface area (Å²) >= 11 is 2.19. The molecule has 0 aliphatic rings. The van der Waals surface area contributed by atoms with Crippen molar-refractivity contribution in [2.45, 2.75) is 37.2 Å². The molecule has 0 aliphatic carbocycles. The van der Waals surface area contributed by atoms with E-state index >= 15 is 0 Å². The number of nitrogens with zero attached hydrogens (tertiary/aromatic N) is 1. The highest BCUT2D eigenvalue weighted by Gasteiger charge is 2.20. The fraction of sp³-hybridized carbons (Fsp3) is 0.412. The van der Waals surface area contributed by atoms with Crippen LogP contribution < -0.4 is 10.6 Å². The quantitative estimate of drug-likeness (QED) is 0.519. The molecule has 0 fully saturated rings. The molecule has 6 heteroatoms. The predicted octanol–water partition coefficient (Wildman–Crippen LogP) is 3.93. The molecule has 2 N–H and O–H groups in total. The van der Waals surface area contributed by atoms with Crippen LogP contribution in [0, 0.1) is 6.92 Å². The second-order valence-corrected chi connectivity index (χ2v) is 6.86. The maximum Gasteiger partial charge on any atom is 0.273 e. The van der Waals surface area contributed by atoms with Crippen LogP contribution in [0.15, 0.2) is 34.9 Å². The van der Waals surface area contributed by atoms with Gasteiger partial charge in [0.15, 0.2) is 5.69 Å².